The van der Waals surface area contributed by atoms with Gasteiger partial charge in [0, 0.05) is 38.3 Å². The molecule has 6 heteroatoms. The fourth-order valence-electron chi connectivity index (χ4n) is 3.83. The molecule has 3 rings (SSSR count). The molecule has 2 heterocycles. The van der Waals surface area contributed by atoms with Crippen molar-refractivity contribution in [2.24, 2.45) is 0 Å². The van der Waals surface area contributed by atoms with E-state index in [0.717, 1.165) is 44.8 Å². The molecule has 3 nitrogen and oxygen atoms in total. The topological polar surface area (TPSA) is 18.5 Å². The summed E-state index contributed by atoms with van der Waals surface area (Å²) in [6, 6.07) is 6.31. The van der Waals surface area contributed by atoms with E-state index in [1.165, 1.54) is 25.0 Å². The van der Waals surface area contributed by atoms with Gasteiger partial charge in [0.25, 0.3) is 0 Å². The maximum Gasteiger partial charge on any atom is 0.416 e. The molecule has 2 saturated heterocycles. The molecule has 1 aromatic carbocycles. The first-order valence-electron chi connectivity index (χ1n) is 8.81. The molecule has 2 aliphatic heterocycles. The zero-order valence-corrected chi connectivity index (χ0v) is 14.1. The van der Waals surface area contributed by atoms with E-state index >= 15 is 0 Å². The SMILES string of the molecule is CC1CNCCN1C(CN1CCCC1)c1ccc(C(F)(F)F)cc1. The van der Waals surface area contributed by atoms with Crippen molar-refractivity contribution in [3.05, 3.63) is 35.4 Å². The lowest BCUT2D eigenvalue weighted by atomic mass is 10.00. The molecule has 2 fully saturated rings. The Kier molecular flexibility index (Phi) is 5.47. The minimum atomic E-state index is -4.27. The molecule has 0 amide bonds. The molecule has 0 saturated carbocycles. The van der Waals surface area contributed by atoms with Crippen LogP contribution in [0.5, 0.6) is 0 Å². The Labute approximate surface area is 141 Å². The van der Waals surface area contributed by atoms with Crippen LogP contribution in [0.4, 0.5) is 13.2 Å². The van der Waals surface area contributed by atoms with E-state index in [1.54, 1.807) is 12.1 Å². The Hall–Kier alpha value is -1.11. The first-order chi connectivity index (χ1) is 11.4. The van der Waals surface area contributed by atoms with Crippen molar-refractivity contribution in [2.75, 3.05) is 39.3 Å². The van der Waals surface area contributed by atoms with Crippen LogP contribution < -0.4 is 5.32 Å². The lowest BCUT2D eigenvalue weighted by Gasteiger charge is -2.41. The summed E-state index contributed by atoms with van der Waals surface area (Å²) in [5.41, 5.74) is 0.420. The Balaban J connectivity index is 1.82. The highest BCUT2D eigenvalue weighted by atomic mass is 19.4. The first kappa shape index (κ1) is 17.7. The molecule has 134 valence electrons. The third-order valence-electron chi connectivity index (χ3n) is 5.21. The van der Waals surface area contributed by atoms with Crippen LogP contribution in [0.15, 0.2) is 24.3 Å². The number of alkyl halides is 3. The number of benzene rings is 1. The smallest absolute Gasteiger partial charge is 0.314 e. The van der Waals surface area contributed by atoms with Crippen LogP contribution in [-0.2, 0) is 6.18 Å². The second kappa shape index (κ2) is 7.42. The largest absolute Gasteiger partial charge is 0.416 e. The van der Waals surface area contributed by atoms with E-state index in [4.69, 9.17) is 0 Å². The van der Waals surface area contributed by atoms with E-state index in [9.17, 15) is 13.2 Å². The molecule has 0 radical (unpaired) electrons. The fraction of sp³-hybridized carbons (Fsp3) is 0.667. The van der Waals surface area contributed by atoms with Gasteiger partial charge in [0.2, 0.25) is 0 Å². The van der Waals surface area contributed by atoms with Crippen LogP contribution in [0.2, 0.25) is 0 Å². The lowest BCUT2D eigenvalue weighted by molar-refractivity contribution is -0.137. The van der Waals surface area contributed by atoms with E-state index in [1.807, 2.05) is 0 Å². The van der Waals surface area contributed by atoms with Gasteiger partial charge in [0.05, 0.1) is 5.56 Å². The number of nitrogens with zero attached hydrogens (tertiary/aromatic N) is 2. The maximum absolute atomic E-state index is 12.8. The molecule has 24 heavy (non-hydrogen) atoms. The van der Waals surface area contributed by atoms with Crippen molar-refractivity contribution in [3.8, 4) is 0 Å². The Morgan fingerprint density at radius 1 is 1.12 bits per heavy atom. The fourth-order valence-corrected chi connectivity index (χ4v) is 3.83. The van der Waals surface area contributed by atoms with Crippen LogP contribution in [0.25, 0.3) is 0 Å². The molecular formula is C18H26F3N3. The molecule has 1 aromatic rings. The molecule has 0 bridgehead atoms. The van der Waals surface area contributed by atoms with Gasteiger partial charge in [-0.15, -0.1) is 0 Å². The quantitative estimate of drug-likeness (QED) is 0.908. The summed E-state index contributed by atoms with van der Waals surface area (Å²) in [5, 5.41) is 3.39. The molecular weight excluding hydrogens is 315 g/mol. The monoisotopic (exact) mass is 341 g/mol. The van der Waals surface area contributed by atoms with Gasteiger partial charge >= 0.3 is 6.18 Å². The third kappa shape index (κ3) is 4.10. The minimum absolute atomic E-state index is 0.155. The van der Waals surface area contributed by atoms with Crippen LogP contribution >= 0.6 is 0 Å². The molecule has 0 spiro atoms. The van der Waals surface area contributed by atoms with E-state index in [-0.39, 0.29) is 6.04 Å². The number of nitrogens with one attached hydrogen (secondary N) is 1. The standard InChI is InChI=1S/C18H26F3N3/c1-14-12-22-8-11-24(14)17(13-23-9-2-3-10-23)15-4-6-16(7-5-15)18(19,20)21/h4-7,14,17,22H,2-3,8-13H2,1H3. The maximum atomic E-state index is 12.8. The van der Waals surface area contributed by atoms with Gasteiger partial charge in [-0.1, -0.05) is 12.1 Å². The molecule has 0 aliphatic carbocycles. The Bertz CT molecular complexity index is 523. The number of halogens is 3. The van der Waals surface area contributed by atoms with Crippen molar-refractivity contribution >= 4 is 0 Å². The minimum Gasteiger partial charge on any atom is -0.314 e. The molecule has 0 aromatic heterocycles. The average Bonchev–Trinajstić information content (AvgIpc) is 3.06. The van der Waals surface area contributed by atoms with Gasteiger partial charge < -0.3 is 10.2 Å². The summed E-state index contributed by atoms with van der Waals surface area (Å²) in [6.45, 7) is 8.07. The van der Waals surface area contributed by atoms with Crippen molar-refractivity contribution < 1.29 is 13.2 Å². The predicted octanol–water partition coefficient (Wildman–Crippen LogP) is 3.14. The second-order valence-electron chi connectivity index (χ2n) is 6.93. The number of hydrogen-bond acceptors (Lipinski definition) is 3. The summed E-state index contributed by atoms with van der Waals surface area (Å²) in [5.74, 6) is 0. The van der Waals surface area contributed by atoms with Crippen LogP contribution in [0, 0.1) is 0 Å². The van der Waals surface area contributed by atoms with E-state index < -0.39 is 11.7 Å². The van der Waals surface area contributed by atoms with Gasteiger partial charge in [-0.3, -0.25) is 4.90 Å². The molecule has 2 aliphatic rings. The highest BCUT2D eigenvalue weighted by Crippen LogP contribution is 2.32. The van der Waals surface area contributed by atoms with Crippen LogP contribution in [0.1, 0.15) is 36.9 Å². The third-order valence-corrected chi connectivity index (χ3v) is 5.21. The lowest BCUT2D eigenvalue weighted by Crippen LogP contribution is -2.52. The molecule has 2 atom stereocenters. The second-order valence-corrected chi connectivity index (χ2v) is 6.93. The average molecular weight is 341 g/mol. The summed E-state index contributed by atoms with van der Waals surface area (Å²) in [4.78, 5) is 4.88. The van der Waals surface area contributed by atoms with Crippen LogP contribution in [-0.4, -0.2) is 55.1 Å². The van der Waals surface area contributed by atoms with Crippen molar-refractivity contribution in [2.45, 2.75) is 38.0 Å². The van der Waals surface area contributed by atoms with Gasteiger partial charge in [-0.05, 0) is 50.6 Å². The van der Waals surface area contributed by atoms with Gasteiger partial charge in [-0.2, -0.15) is 13.2 Å². The number of piperazine rings is 1. The van der Waals surface area contributed by atoms with Crippen molar-refractivity contribution in [3.63, 3.8) is 0 Å². The summed E-state index contributed by atoms with van der Waals surface area (Å²) < 4.78 is 38.5. The number of rotatable bonds is 4. The number of likely N-dealkylation sites (tertiary alicyclic amines) is 1. The highest BCUT2D eigenvalue weighted by Gasteiger charge is 2.32. The molecule has 2 unspecified atom stereocenters. The summed E-state index contributed by atoms with van der Waals surface area (Å²) >= 11 is 0. The van der Waals surface area contributed by atoms with Gasteiger partial charge in [0.1, 0.15) is 0 Å². The normalized spacial score (nSPS) is 25.1. The predicted molar refractivity (Wildman–Crippen MR) is 88.9 cm³/mol. The van der Waals surface area contributed by atoms with E-state index in [0.29, 0.717) is 6.04 Å². The summed E-state index contributed by atoms with van der Waals surface area (Å²) in [7, 11) is 0. The molecule has 1 N–H and O–H groups in total. The van der Waals surface area contributed by atoms with Crippen molar-refractivity contribution in [1.82, 2.24) is 15.1 Å². The first-order valence-corrected chi connectivity index (χ1v) is 8.81. The van der Waals surface area contributed by atoms with Crippen molar-refractivity contribution in [1.29, 1.82) is 0 Å². The van der Waals surface area contributed by atoms with Crippen LogP contribution in [0.3, 0.4) is 0 Å². The summed E-state index contributed by atoms with van der Waals surface area (Å²) in [6.07, 6.45) is -1.83. The van der Waals surface area contributed by atoms with E-state index in [2.05, 4.69) is 22.0 Å². The zero-order chi connectivity index (χ0) is 17.2. The Morgan fingerprint density at radius 3 is 2.38 bits per heavy atom. The highest BCUT2D eigenvalue weighted by molar-refractivity contribution is 5.27. The van der Waals surface area contributed by atoms with Gasteiger partial charge in [-0.25, -0.2) is 0 Å². The Morgan fingerprint density at radius 2 is 1.79 bits per heavy atom. The number of hydrogen-bond donors (Lipinski definition) is 1. The zero-order valence-electron chi connectivity index (χ0n) is 14.1. The van der Waals surface area contributed by atoms with Gasteiger partial charge in [0.15, 0.2) is 0 Å².